The molecule has 280 valence electrons. The van der Waals surface area contributed by atoms with E-state index in [0.29, 0.717) is 17.5 Å². The van der Waals surface area contributed by atoms with Crippen LogP contribution in [0.1, 0.15) is 0 Å². The van der Waals surface area contributed by atoms with Crippen LogP contribution in [0.25, 0.3) is 120 Å². The van der Waals surface area contributed by atoms with Crippen LogP contribution in [0, 0.1) is 0 Å². The Morgan fingerprint density at radius 3 is 1.62 bits per heavy atom. The van der Waals surface area contributed by atoms with Crippen molar-refractivity contribution in [2.75, 3.05) is 0 Å². The van der Waals surface area contributed by atoms with Crippen molar-refractivity contribution in [2.45, 2.75) is 0 Å². The average molecular weight is 784 g/mol. The van der Waals surface area contributed by atoms with E-state index in [1.54, 1.807) is 0 Å². The molecular weight excluding hydrogens is 751 g/mol. The first kappa shape index (κ1) is 34.3. The van der Waals surface area contributed by atoms with Gasteiger partial charge in [0.15, 0.2) is 17.5 Å². The molecule has 0 fully saturated rings. The molecule has 12 rings (SSSR count). The predicted octanol–water partition coefficient (Wildman–Crippen LogP) is 15.3. The molecule has 3 aromatic heterocycles. The summed E-state index contributed by atoms with van der Waals surface area (Å²) in [5.74, 6) is 1.79. The smallest absolute Gasteiger partial charge is 0.164 e. The van der Waals surface area contributed by atoms with Crippen LogP contribution in [-0.2, 0) is 0 Å². The molecule has 0 radical (unpaired) electrons. The number of rotatable bonds is 6. The Morgan fingerprint density at radius 1 is 0.300 bits per heavy atom. The summed E-state index contributed by atoms with van der Waals surface area (Å²) in [7, 11) is 0. The summed E-state index contributed by atoms with van der Waals surface area (Å²) in [5.41, 5.74) is 11.3. The Hall–Kier alpha value is -7.73. The van der Waals surface area contributed by atoms with Crippen LogP contribution in [0.3, 0.4) is 0 Å². The highest BCUT2D eigenvalue weighted by atomic mass is 32.1. The average Bonchev–Trinajstić information content (AvgIpc) is 3.90. The number of benzene rings is 9. The first-order chi connectivity index (χ1) is 29.7. The van der Waals surface area contributed by atoms with Gasteiger partial charge < -0.3 is 4.42 Å². The van der Waals surface area contributed by atoms with Crippen LogP contribution in [0.2, 0.25) is 0 Å². The van der Waals surface area contributed by atoms with Gasteiger partial charge in [-0.05, 0) is 80.6 Å². The maximum atomic E-state index is 6.35. The lowest BCUT2D eigenvalue weighted by Gasteiger charge is -2.13. The molecule has 4 nitrogen and oxygen atoms in total. The summed E-state index contributed by atoms with van der Waals surface area (Å²) in [6, 6.07) is 70.5. The minimum absolute atomic E-state index is 0.581. The Kier molecular flexibility index (Phi) is 8.00. The largest absolute Gasteiger partial charge is 0.456 e. The van der Waals surface area contributed by atoms with Crippen LogP contribution in [-0.4, -0.2) is 15.0 Å². The van der Waals surface area contributed by atoms with Crippen molar-refractivity contribution in [2.24, 2.45) is 0 Å². The molecule has 0 aliphatic heterocycles. The van der Waals surface area contributed by atoms with Crippen molar-refractivity contribution in [1.29, 1.82) is 0 Å². The first-order valence-corrected chi connectivity index (χ1v) is 20.9. The molecule has 0 saturated heterocycles. The van der Waals surface area contributed by atoms with E-state index >= 15 is 0 Å². The van der Waals surface area contributed by atoms with E-state index in [0.717, 1.165) is 66.1 Å². The van der Waals surface area contributed by atoms with Crippen LogP contribution in [0.4, 0.5) is 0 Å². The van der Waals surface area contributed by atoms with E-state index in [-0.39, 0.29) is 0 Å². The van der Waals surface area contributed by atoms with Crippen LogP contribution < -0.4 is 0 Å². The van der Waals surface area contributed by atoms with Gasteiger partial charge in [0.2, 0.25) is 0 Å². The summed E-state index contributed by atoms with van der Waals surface area (Å²) in [6.45, 7) is 0. The molecule has 5 heteroatoms. The van der Waals surface area contributed by atoms with E-state index in [2.05, 4.69) is 182 Å². The van der Waals surface area contributed by atoms with Crippen LogP contribution in [0.5, 0.6) is 0 Å². The topological polar surface area (TPSA) is 51.8 Å². The predicted molar refractivity (Wildman–Crippen MR) is 250 cm³/mol. The zero-order valence-electron chi connectivity index (χ0n) is 32.2. The van der Waals surface area contributed by atoms with E-state index in [1.807, 2.05) is 29.5 Å². The number of nitrogens with zero attached hydrogens (tertiary/aromatic N) is 3. The highest BCUT2D eigenvalue weighted by Crippen LogP contribution is 2.45. The maximum absolute atomic E-state index is 6.35. The summed E-state index contributed by atoms with van der Waals surface area (Å²) in [6.07, 6.45) is 0. The van der Waals surface area contributed by atoms with Gasteiger partial charge in [0.05, 0.1) is 0 Å². The molecule has 0 aliphatic rings. The highest BCUT2D eigenvalue weighted by Gasteiger charge is 2.19. The number of furan rings is 1. The summed E-state index contributed by atoms with van der Waals surface area (Å²) in [4.78, 5) is 15.8. The fourth-order valence-corrected chi connectivity index (χ4v) is 10.0. The standard InChI is InChI=1S/C55H33N3OS/c1-3-14-34(15-4-1)38-30-39(43-23-13-25-47-46-24-12-22-42(51(46)60-52(43)47)36-16-5-2-6-17-36)32-40(31-38)54-56-53(37-28-29-45-44-21-9-10-27-49(44)59-50(45)33-37)57-55(58-54)48-26-11-19-35-18-7-8-20-41(35)48/h1-33H. The van der Waals surface area contributed by atoms with Gasteiger partial charge in [-0.15, -0.1) is 11.3 Å². The fourth-order valence-electron chi connectivity index (χ4n) is 8.64. The second-order valence-corrected chi connectivity index (χ2v) is 16.2. The molecule has 0 aliphatic carbocycles. The van der Waals surface area contributed by atoms with Crippen molar-refractivity contribution in [3.63, 3.8) is 0 Å². The molecule has 0 saturated carbocycles. The molecule has 0 atom stereocenters. The Bertz CT molecular complexity index is 3600. The second kappa shape index (κ2) is 14.0. The van der Waals surface area contributed by atoms with Crippen LogP contribution in [0.15, 0.2) is 205 Å². The summed E-state index contributed by atoms with van der Waals surface area (Å²) in [5, 5.41) is 6.87. The monoisotopic (exact) mass is 783 g/mol. The van der Waals surface area contributed by atoms with Gasteiger partial charge >= 0.3 is 0 Å². The second-order valence-electron chi connectivity index (χ2n) is 15.1. The van der Waals surface area contributed by atoms with E-state index < -0.39 is 0 Å². The minimum Gasteiger partial charge on any atom is -0.456 e. The quantitative estimate of drug-likeness (QED) is 0.169. The normalized spacial score (nSPS) is 11.7. The lowest BCUT2D eigenvalue weighted by atomic mass is 9.94. The Labute approximate surface area is 349 Å². The lowest BCUT2D eigenvalue weighted by Crippen LogP contribution is -2.01. The van der Waals surface area contributed by atoms with E-state index in [4.69, 9.17) is 19.4 Å². The molecule has 0 amide bonds. The van der Waals surface area contributed by atoms with Gasteiger partial charge in [-0.1, -0.05) is 164 Å². The Balaban J connectivity index is 1.10. The van der Waals surface area contributed by atoms with Crippen molar-refractivity contribution >= 4 is 64.2 Å². The number of aromatic nitrogens is 3. The van der Waals surface area contributed by atoms with E-state index in [9.17, 15) is 0 Å². The Morgan fingerprint density at radius 2 is 0.833 bits per heavy atom. The molecule has 0 spiro atoms. The molecule has 0 N–H and O–H groups in total. The van der Waals surface area contributed by atoms with Crippen molar-refractivity contribution < 1.29 is 4.42 Å². The maximum Gasteiger partial charge on any atom is 0.164 e. The first-order valence-electron chi connectivity index (χ1n) is 20.1. The molecule has 0 unspecified atom stereocenters. The van der Waals surface area contributed by atoms with Gasteiger partial charge in [-0.3, -0.25) is 0 Å². The lowest BCUT2D eigenvalue weighted by molar-refractivity contribution is 0.669. The third kappa shape index (κ3) is 5.78. The molecular formula is C55H33N3OS. The minimum atomic E-state index is 0.581. The summed E-state index contributed by atoms with van der Waals surface area (Å²) < 4.78 is 8.89. The van der Waals surface area contributed by atoms with Crippen molar-refractivity contribution in [1.82, 2.24) is 15.0 Å². The van der Waals surface area contributed by atoms with E-state index in [1.165, 1.54) is 36.9 Å². The molecule has 3 heterocycles. The third-order valence-corrected chi connectivity index (χ3v) is 12.8. The zero-order valence-corrected chi connectivity index (χ0v) is 33.0. The third-order valence-electron chi connectivity index (χ3n) is 11.5. The van der Waals surface area contributed by atoms with Gasteiger partial charge in [0.25, 0.3) is 0 Å². The molecule has 0 bridgehead atoms. The molecule has 12 aromatic rings. The number of para-hydroxylation sites is 1. The van der Waals surface area contributed by atoms with Crippen molar-refractivity contribution in [3.8, 4) is 67.5 Å². The van der Waals surface area contributed by atoms with Gasteiger partial charge in [0, 0.05) is 47.6 Å². The fraction of sp³-hybridized carbons (Fsp3) is 0. The summed E-state index contributed by atoms with van der Waals surface area (Å²) >= 11 is 1.86. The zero-order chi connectivity index (χ0) is 39.6. The molecule has 60 heavy (non-hydrogen) atoms. The van der Waals surface area contributed by atoms with Gasteiger partial charge in [-0.2, -0.15) is 0 Å². The van der Waals surface area contributed by atoms with Crippen LogP contribution >= 0.6 is 11.3 Å². The SMILES string of the molecule is c1ccc(-c2cc(-c3nc(-c4ccc5c(c4)oc4ccccc45)nc(-c4cccc5ccccc45)n3)cc(-c3cccc4c3sc3c(-c5ccccc5)cccc34)c2)cc1. The molecule has 9 aromatic carbocycles. The highest BCUT2D eigenvalue weighted by molar-refractivity contribution is 7.26. The number of thiophene rings is 1. The number of hydrogen-bond acceptors (Lipinski definition) is 5. The van der Waals surface area contributed by atoms with Gasteiger partial charge in [0.1, 0.15) is 11.2 Å². The number of hydrogen-bond donors (Lipinski definition) is 0. The van der Waals surface area contributed by atoms with Gasteiger partial charge in [-0.25, -0.2) is 15.0 Å². The van der Waals surface area contributed by atoms with Crippen molar-refractivity contribution in [3.05, 3.63) is 200 Å². The number of fused-ring (bicyclic) bond motifs is 7.